The van der Waals surface area contributed by atoms with Gasteiger partial charge in [-0.1, -0.05) is 11.6 Å². The van der Waals surface area contributed by atoms with Crippen LogP contribution in [0.3, 0.4) is 0 Å². The van der Waals surface area contributed by atoms with E-state index < -0.39 is 5.97 Å². The van der Waals surface area contributed by atoms with Crippen LogP contribution in [0.2, 0.25) is 5.02 Å². The van der Waals surface area contributed by atoms with Gasteiger partial charge in [-0.05, 0) is 29.8 Å². The monoisotopic (exact) mass is 318 g/mol. The van der Waals surface area contributed by atoms with Crippen LogP contribution in [-0.2, 0) is 4.74 Å². The van der Waals surface area contributed by atoms with Gasteiger partial charge in [-0.3, -0.25) is 0 Å². The summed E-state index contributed by atoms with van der Waals surface area (Å²) in [6.45, 7) is 1.79. The summed E-state index contributed by atoms with van der Waals surface area (Å²) in [4.78, 5) is 11.6. The number of carbonyl (C=O) groups excluding carboxylic acids is 1. The zero-order valence-corrected chi connectivity index (χ0v) is 12.5. The van der Waals surface area contributed by atoms with Gasteiger partial charge in [0, 0.05) is 11.9 Å². The summed E-state index contributed by atoms with van der Waals surface area (Å²) >= 11 is 6.06. The van der Waals surface area contributed by atoms with Gasteiger partial charge in [0.2, 0.25) is 5.82 Å². The van der Waals surface area contributed by atoms with Gasteiger partial charge in [-0.15, -0.1) is 10.2 Å². The molecule has 0 aliphatic carbocycles. The normalized spacial score (nSPS) is 10.9. The van der Waals surface area contributed by atoms with Crippen molar-refractivity contribution in [2.45, 2.75) is 6.92 Å². The quantitative estimate of drug-likeness (QED) is 0.653. The molecule has 0 saturated heterocycles. The number of carbonyl (C=O) groups is 1. The lowest BCUT2D eigenvalue weighted by atomic mass is 10.1. The van der Waals surface area contributed by atoms with Gasteiger partial charge < -0.3 is 10.1 Å². The number of esters is 1. The molecule has 0 bridgehead atoms. The van der Waals surface area contributed by atoms with Gasteiger partial charge in [0.05, 0.1) is 17.7 Å². The molecular formula is C13H11ClN6O2. The average molecular weight is 319 g/mol. The van der Waals surface area contributed by atoms with Crippen LogP contribution in [0.4, 0.5) is 5.69 Å². The smallest absolute Gasteiger partial charge is 0.339 e. The number of methoxy groups -OCH3 is 1. The highest BCUT2D eigenvalue weighted by Crippen LogP contribution is 2.26. The average Bonchev–Trinajstić information content (AvgIpc) is 3.04. The molecule has 22 heavy (non-hydrogen) atoms. The van der Waals surface area contributed by atoms with Crippen molar-refractivity contribution in [1.82, 2.24) is 20.6 Å². The maximum atomic E-state index is 11.6. The van der Waals surface area contributed by atoms with Gasteiger partial charge in [0.1, 0.15) is 11.6 Å². The minimum absolute atomic E-state index is 0.171. The first-order chi connectivity index (χ1) is 10.6. The van der Waals surface area contributed by atoms with Gasteiger partial charge >= 0.3 is 5.97 Å². The number of aryl methyl sites for hydroxylation is 1. The highest BCUT2D eigenvalue weighted by molar-refractivity contribution is 6.34. The van der Waals surface area contributed by atoms with Crippen molar-refractivity contribution in [3.05, 3.63) is 40.3 Å². The van der Waals surface area contributed by atoms with Gasteiger partial charge in [0.25, 0.3) is 0 Å². The number of nitrogens with one attached hydrogen (secondary N) is 2. The second-order valence-electron chi connectivity index (χ2n) is 4.19. The topological polar surface area (TPSA) is 117 Å². The SMILES string of the molecule is COC(=O)c1cc(C)c(NC=C(C#N)c2nn[nH]n2)cc1Cl. The number of benzene rings is 1. The van der Waals surface area contributed by atoms with Gasteiger partial charge in [-0.2, -0.15) is 10.5 Å². The minimum Gasteiger partial charge on any atom is -0.465 e. The number of hydrogen-bond acceptors (Lipinski definition) is 7. The number of H-pyrrole nitrogens is 1. The Kier molecular flexibility index (Phi) is 4.70. The van der Waals surface area contributed by atoms with Crippen molar-refractivity contribution in [3.63, 3.8) is 0 Å². The summed E-state index contributed by atoms with van der Waals surface area (Å²) in [5.41, 5.74) is 1.86. The van der Waals surface area contributed by atoms with E-state index in [0.29, 0.717) is 5.69 Å². The largest absolute Gasteiger partial charge is 0.465 e. The summed E-state index contributed by atoms with van der Waals surface area (Å²) in [7, 11) is 1.28. The molecule has 0 unspecified atom stereocenters. The summed E-state index contributed by atoms with van der Waals surface area (Å²) in [6, 6.07) is 5.13. The zero-order chi connectivity index (χ0) is 16.1. The van der Waals surface area contributed by atoms with Crippen LogP contribution in [0.15, 0.2) is 18.3 Å². The number of tetrazole rings is 1. The van der Waals surface area contributed by atoms with E-state index >= 15 is 0 Å². The van der Waals surface area contributed by atoms with Crippen molar-refractivity contribution in [2.75, 3.05) is 12.4 Å². The fourth-order valence-electron chi connectivity index (χ4n) is 1.68. The lowest BCUT2D eigenvalue weighted by Crippen LogP contribution is -2.04. The summed E-state index contributed by atoms with van der Waals surface area (Å²) in [6.07, 6.45) is 1.43. The molecule has 2 aromatic rings. The van der Waals surface area contributed by atoms with Crippen LogP contribution in [0.25, 0.3) is 5.57 Å². The van der Waals surface area contributed by atoms with E-state index in [1.165, 1.54) is 13.3 Å². The van der Waals surface area contributed by atoms with E-state index in [1.54, 1.807) is 19.1 Å². The van der Waals surface area contributed by atoms with Gasteiger partial charge in [-0.25, -0.2) is 4.79 Å². The van der Waals surface area contributed by atoms with E-state index in [9.17, 15) is 4.79 Å². The van der Waals surface area contributed by atoms with Crippen molar-refractivity contribution in [2.24, 2.45) is 0 Å². The molecule has 9 heteroatoms. The molecular weight excluding hydrogens is 308 g/mol. The number of ether oxygens (including phenoxy) is 1. The maximum absolute atomic E-state index is 11.6. The summed E-state index contributed by atoms with van der Waals surface area (Å²) in [5, 5.41) is 25.4. The molecule has 0 spiro atoms. The van der Waals surface area contributed by atoms with Crippen molar-refractivity contribution in [1.29, 1.82) is 5.26 Å². The van der Waals surface area contributed by atoms with E-state index in [0.717, 1.165) is 5.56 Å². The molecule has 0 atom stereocenters. The number of aromatic nitrogens is 4. The fourth-order valence-corrected chi connectivity index (χ4v) is 1.92. The second-order valence-corrected chi connectivity index (χ2v) is 4.60. The molecule has 0 saturated carbocycles. The summed E-state index contributed by atoms with van der Waals surface area (Å²) < 4.78 is 4.65. The number of allylic oxidation sites excluding steroid dienone is 1. The number of nitriles is 1. The third kappa shape index (κ3) is 3.21. The molecule has 0 aliphatic rings. The lowest BCUT2D eigenvalue weighted by Gasteiger charge is -2.09. The highest BCUT2D eigenvalue weighted by Gasteiger charge is 2.13. The first-order valence-corrected chi connectivity index (χ1v) is 6.43. The van der Waals surface area contributed by atoms with Gasteiger partial charge in [0.15, 0.2) is 0 Å². The minimum atomic E-state index is -0.514. The molecule has 1 aromatic carbocycles. The first kappa shape index (κ1) is 15.5. The van der Waals surface area contributed by atoms with Crippen LogP contribution in [0, 0.1) is 18.3 Å². The molecule has 1 aromatic heterocycles. The molecule has 0 amide bonds. The Bertz CT molecular complexity index is 764. The van der Waals surface area contributed by atoms with E-state index in [4.69, 9.17) is 16.9 Å². The Morgan fingerprint density at radius 2 is 2.32 bits per heavy atom. The Morgan fingerprint density at radius 1 is 1.55 bits per heavy atom. The standard InChI is InChI=1S/C13H11ClN6O2/c1-7-3-9(13(21)22-2)10(14)4-11(7)16-6-8(5-15)12-17-19-20-18-12/h3-4,6,16H,1-2H3,(H,17,18,19,20). The summed E-state index contributed by atoms with van der Waals surface area (Å²) in [5.74, 6) is -0.343. The fraction of sp³-hybridized carbons (Fsp3) is 0.154. The molecule has 0 aliphatic heterocycles. The third-order valence-electron chi connectivity index (χ3n) is 2.80. The Hall–Kier alpha value is -2.92. The number of anilines is 1. The van der Waals surface area contributed by atoms with E-state index in [2.05, 4.69) is 30.7 Å². The Balaban J connectivity index is 2.29. The highest BCUT2D eigenvalue weighted by atomic mass is 35.5. The number of halogens is 1. The molecule has 8 nitrogen and oxygen atoms in total. The van der Waals surface area contributed by atoms with Crippen molar-refractivity contribution in [3.8, 4) is 6.07 Å². The predicted molar refractivity (Wildman–Crippen MR) is 78.9 cm³/mol. The molecule has 2 rings (SSSR count). The van der Waals surface area contributed by atoms with Crippen LogP contribution in [-0.4, -0.2) is 33.7 Å². The number of nitrogens with zero attached hydrogens (tertiary/aromatic N) is 4. The van der Waals surface area contributed by atoms with Crippen LogP contribution in [0.1, 0.15) is 21.7 Å². The van der Waals surface area contributed by atoms with Crippen LogP contribution < -0.4 is 5.32 Å². The first-order valence-electron chi connectivity index (χ1n) is 6.06. The molecule has 1 heterocycles. The molecule has 2 N–H and O–H groups in total. The lowest BCUT2D eigenvalue weighted by molar-refractivity contribution is 0.0601. The van der Waals surface area contributed by atoms with Crippen LogP contribution in [0.5, 0.6) is 0 Å². The number of hydrogen-bond donors (Lipinski definition) is 2. The Morgan fingerprint density at radius 3 is 2.91 bits per heavy atom. The number of aromatic amines is 1. The second kappa shape index (κ2) is 6.69. The molecule has 112 valence electrons. The molecule has 0 radical (unpaired) electrons. The number of rotatable bonds is 4. The van der Waals surface area contributed by atoms with Crippen LogP contribution >= 0.6 is 11.6 Å². The third-order valence-corrected chi connectivity index (χ3v) is 3.11. The Labute approximate surface area is 130 Å². The molecule has 0 fully saturated rings. The zero-order valence-electron chi connectivity index (χ0n) is 11.7. The maximum Gasteiger partial charge on any atom is 0.339 e. The van der Waals surface area contributed by atoms with Crippen molar-refractivity contribution >= 4 is 28.8 Å². The van der Waals surface area contributed by atoms with Crippen molar-refractivity contribution < 1.29 is 9.53 Å². The van der Waals surface area contributed by atoms with E-state index in [1.807, 2.05) is 6.07 Å². The van der Waals surface area contributed by atoms with E-state index in [-0.39, 0.29) is 22.0 Å². The predicted octanol–water partition coefficient (Wildman–Crippen LogP) is 1.92.